The first-order valence-corrected chi connectivity index (χ1v) is 4.81. The first-order valence-electron chi connectivity index (χ1n) is 4.81. The standard InChI is InChI=1S/C9H9F3N4O/c10-9(11,12)8(6(13)17)2-5-16(8)7-14-3-1-4-15-7/h1,3-4H,2,5H2,(H2,13,17). The van der Waals surface area contributed by atoms with E-state index >= 15 is 0 Å². The van der Waals surface area contributed by atoms with Crippen molar-refractivity contribution in [3.63, 3.8) is 0 Å². The quantitative estimate of drug-likeness (QED) is 0.823. The molecular weight excluding hydrogens is 237 g/mol. The normalized spacial score (nSPS) is 24.3. The van der Waals surface area contributed by atoms with E-state index in [1.807, 2.05) is 0 Å². The lowest BCUT2D eigenvalue weighted by Gasteiger charge is -2.50. The highest BCUT2D eigenvalue weighted by Gasteiger charge is 2.68. The van der Waals surface area contributed by atoms with Crippen molar-refractivity contribution in [1.82, 2.24) is 9.97 Å². The molecule has 1 aromatic heterocycles. The van der Waals surface area contributed by atoms with Crippen molar-refractivity contribution in [1.29, 1.82) is 0 Å². The van der Waals surface area contributed by atoms with Gasteiger partial charge in [-0.25, -0.2) is 9.97 Å². The summed E-state index contributed by atoms with van der Waals surface area (Å²) in [5.74, 6) is -1.57. The predicted octanol–water partition coefficient (Wildman–Crippen LogP) is 0.473. The molecule has 1 unspecified atom stereocenters. The Morgan fingerprint density at radius 3 is 2.35 bits per heavy atom. The van der Waals surface area contributed by atoms with E-state index in [1.165, 1.54) is 18.5 Å². The number of rotatable bonds is 2. The number of nitrogens with two attached hydrogens (primary N) is 1. The molecule has 0 aromatic carbocycles. The summed E-state index contributed by atoms with van der Waals surface area (Å²) in [4.78, 5) is 19.3. The van der Waals surface area contributed by atoms with Gasteiger partial charge >= 0.3 is 6.18 Å². The number of carbonyl (C=O) groups is 1. The molecule has 2 N–H and O–H groups in total. The molecular formula is C9H9F3N4O. The molecule has 0 spiro atoms. The van der Waals surface area contributed by atoms with Gasteiger partial charge in [-0.2, -0.15) is 13.2 Å². The van der Waals surface area contributed by atoms with Gasteiger partial charge in [0.1, 0.15) is 0 Å². The summed E-state index contributed by atoms with van der Waals surface area (Å²) < 4.78 is 38.8. The maximum absolute atomic E-state index is 12.9. The van der Waals surface area contributed by atoms with Crippen molar-refractivity contribution in [3.8, 4) is 0 Å². The lowest BCUT2D eigenvalue weighted by Crippen LogP contribution is -2.74. The molecule has 8 heteroatoms. The summed E-state index contributed by atoms with van der Waals surface area (Å²) in [7, 11) is 0. The predicted molar refractivity (Wildman–Crippen MR) is 52.0 cm³/mol. The molecule has 0 radical (unpaired) electrons. The minimum Gasteiger partial charge on any atom is -0.367 e. The fourth-order valence-electron chi connectivity index (χ4n) is 1.84. The molecule has 1 fully saturated rings. The molecule has 2 rings (SSSR count). The van der Waals surface area contributed by atoms with Gasteiger partial charge in [0.2, 0.25) is 11.5 Å². The average Bonchev–Trinajstić information content (AvgIpc) is 2.14. The van der Waals surface area contributed by atoms with Crippen molar-refractivity contribution < 1.29 is 18.0 Å². The Kier molecular flexibility index (Phi) is 2.44. The van der Waals surface area contributed by atoms with E-state index in [0.717, 1.165) is 4.90 Å². The largest absolute Gasteiger partial charge is 0.420 e. The summed E-state index contributed by atoms with van der Waals surface area (Å²) >= 11 is 0. The lowest BCUT2D eigenvalue weighted by molar-refractivity contribution is -0.203. The Labute approximate surface area is 94.4 Å². The zero-order chi connectivity index (χ0) is 12.7. The molecule has 1 atom stereocenters. The zero-order valence-corrected chi connectivity index (χ0v) is 8.61. The molecule has 1 amide bonds. The van der Waals surface area contributed by atoms with Crippen LogP contribution in [0.1, 0.15) is 6.42 Å². The van der Waals surface area contributed by atoms with Crippen molar-refractivity contribution in [2.75, 3.05) is 11.4 Å². The Balaban J connectivity index is 2.41. The molecule has 1 saturated heterocycles. The maximum atomic E-state index is 12.9. The first-order chi connectivity index (χ1) is 7.89. The van der Waals surface area contributed by atoms with Gasteiger partial charge in [0.25, 0.3) is 5.91 Å². The van der Waals surface area contributed by atoms with Crippen LogP contribution >= 0.6 is 0 Å². The second-order valence-corrected chi connectivity index (χ2v) is 3.67. The van der Waals surface area contributed by atoms with Gasteiger partial charge in [0, 0.05) is 25.4 Å². The SMILES string of the molecule is NC(=O)C1(C(F)(F)F)CCN1c1ncccn1. The minimum absolute atomic E-state index is 0.0481. The number of carbonyl (C=O) groups excluding carboxylic acids is 1. The topological polar surface area (TPSA) is 72.1 Å². The molecule has 92 valence electrons. The van der Waals surface area contributed by atoms with E-state index < -0.39 is 17.6 Å². The molecule has 0 saturated carbocycles. The fraction of sp³-hybridized carbons (Fsp3) is 0.444. The molecule has 17 heavy (non-hydrogen) atoms. The Bertz CT molecular complexity index is 436. The monoisotopic (exact) mass is 246 g/mol. The Morgan fingerprint density at radius 2 is 2.00 bits per heavy atom. The summed E-state index contributed by atoms with van der Waals surface area (Å²) in [6.07, 6.45) is -2.49. The maximum Gasteiger partial charge on any atom is 0.420 e. The van der Waals surface area contributed by atoms with Crippen molar-refractivity contribution in [2.45, 2.75) is 18.1 Å². The van der Waals surface area contributed by atoms with Gasteiger partial charge in [-0.3, -0.25) is 4.79 Å². The van der Waals surface area contributed by atoms with Crippen molar-refractivity contribution in [2.24, 2.45) is 5.73 Å². The average molecular weight is 246 g/mol. The van der Waals surface area contributed by atoms with Crippen LogP contribution in [0.4, 0.5) is 19.1 Å². The van der Waals surface area contributed by atoms with Crippen molar-refractivity contribution in [3.05, 3.63) is 18.5 Å². The van der Waals surface area contributed by atoms with Crippen LogP contribution in [-0.2, 0) is 4.79 Å². The number of amides is 1. The second-order valence-electron chi connectivity index (χ2n) is 3.67. The zero-order valence-electron chi connectivity index (χ0n) is 8.61. The van der Waals surface area contributed by atoms with E-state index in [9.17, 15) is 18.0 Å². The van der Waals surface area contributed by atoms with Gasteiger partial charge in [0.05, 0.1) is 0 Å². The van der Waals surface area contributed by atoms with Gasteiger partial charge in [-0.15, -0.1) is 0 Å². The minimum atomic E-state index is -4.74. The highest BCUT2D eigenvalue weighted by Crippen LogP contribution is 2.45. The number of hydrogen-bond donors (Lipinski definition) is 1. The molecule has 1 aliphatic rings. The summed E-state index contributed by atoms with van der Waals surface area (Å²) in [6.45, 7) is 0.0481. The van der Waals surface area contributed by atoms with E-state index in [1.54, 1.807) is 0 Å². The third kappa shape index (κ3) is 1.51. The third-order valence-electron chi connectivity index (χ3n) is 2.83. The van der Waals surface area contributed by atoms with Crippen LogP contribution in [0.15, 0.2) is 18.5 Å². The van der Waals surface area contributed by atoms with Gasteiger partial charge in [-0.05, 0) is 6.07 Å². The van der Waals surface area contributed by atoms with E-state index in [0.29, 0.717) is 0 Å². The first kappa shape index (κ1) is 11.6. The molecule has 2 heterocycles. The Hall–Kier alpha value is -1.86. The number of hydrogen-bond acceptors (Lipinski definition) is 4. The molecule has 0 aliphatic carbocycles. The smallest absolute Gasteiger partial charge is 0.367 e. The third-order valence-corrected chi connectivity index (χ3v) is 2.83. The van der Waals surface area contributed by atoms with Crippen LogP contribution in [0.5, 0.6) is 0 Å². The number of nitrogens with zero attached hydrogens (tertiary/aromatic N) is 3. The molecule has 1 aliphatic heterocycles. The van der Waals surface area contributed by atoms with Crippen LogP contribution < -0.4 is 10.6 Å². The second kappa shape index (κ2) is 3.57. The highest BCUT2D eigenvalue weighted by atomic mass is 19.4. The molecule has 1 aromatic rings. The van der Waals surface area contributed by atoms with E-state index in [2.05, 4.69) is 9.97 Å². The van der Waals surface area contributed by atoms with Gasteiger partial charge in [-0.1, -0.05) is 0 Å². The molecule has 0 bridgehead atoms. The van der Waals surface area contributed by atoms with E-state index in [-0.39, 0.29) is 18.9 Å². The van der Waals surface area contributed by atoms with Crippen LogP contribution in [0, 0.1) is 0 Å². The van der Waals surface area contributed by atoms with Crippen LogP contribution in [0.3, 0.4) is 0 Å². The number of aromatic nitrogens is 2. The van der Waals surface area contributed by atoms with Gasteiger partial charge in [0.15, 0.2) is 0 Å². The summed E-state index contributed by atoms with van der Waals surface area (Å²) in [5, 5.41) is 0. The van der Waals surface area contributed by atoms with Crippen molar-refractivity contribution >= 4 is 11.9 Å². The molecule has 5 nitrogen and oxygen atoms in total. The van der Waals surface area contributed by atoms with Crippen LogP contribution in [0.25, 0.3) is 0 Å². The summed E-state index contributed by atoms with van der Waals surface area (Å²) in [5.41, 5.74) is 2.22. The Morgan fingerprint density at radius 1 is 1.41 bits per heavy atom. The van der Waals surface area contributed by atoms with Crippen LogP contribution in [-0.4, -0.2) is 34.1 Å². The van der Waals surface area contributed by atoms with E-state index in [4.69, 9.17) is 5.73 Å². The number of anilines is 1. The number of alkyl halides is 3. The number of primary amides is 1. The van der Waals surface area contributed by atoms with Gasteiger partial charge < -0.3 is 10.6 Å². The fourth-order valence-corrected chi connectivity index (χ4v) is 1.84. The highest BCUT2D eigenvalue weighted by molar-refractivity contribution is 5.91. The number of halogens is 3. The lowest BCUT2D eigenvalue weighted by atomic mass is 9.83. The summed E-state index contributed by atoms with van der Waals surface area (Å²) in [6, 6.07) is 1.48. The van der Waals surface area contributed by atoms with Crippen LogP contribution in [0.2, 0.25) is 0 Å².